The van der Waals surface area contributed by atoms with Gasteiger partial charge < -0.3 is 4.90 Å². The Bertz CT molecular complexity index is 1070. The van der Waals surface area contributed by atoms with Gasteiger partial charge in [0.2, 0.25) is 16.9 Å². The number of anilines is 2. The number of hydrogen-bond acceptors (Lipinski definition) is 6. The molecule has 2 heterocycles. The molecular weight excluding hydrogens is 416 g/mol. The summed E-state index contributed by atoms with van der Waals surface area (Å²) in [5, 5.41) is 12.4. The number of rotatable bonds is 6. The van der Waals surface area contributed by atoms with Crippen molar-refractivity contribution >= 4 is 45.7 Å². The average Bonchev–Trinajstić information content (AvgIpc) is 3.36. The van der Waals surface area contributed by atoms with E-state index in [9.17, 15) is 9.59 Å². The molecule has 3 aromatic rings. The lowest BCUT2D eigenvalue weighted by molar-refractivity contribution is -0.117. The molecule has 1 saturated heterocycles. The predicted molar refractivity (Wildman–Crippen MR) is 121 cm³/mol. The third-order valence-corrected chi connectivity index (χ3v) is 7.09. The van der Waals surface area contributed by atoms with Gasteiger partial charge in [-0.25, -0.2) is 0 Å². The highest BCUT2D eigenvalue weighted by Crippen LogP contribution is 2.34. The fraction of sp³-hybridized carbons (Fsp3) is 0.273. The van der Waals surface area contributed by atoms with Gasteiger partial charge >= 0.3 is 0 Å². The lowest BCUT2D eigenvalue weighted by Gasteiger charge is -2.17. The number of aromatic nitrogens is 2. The van der Waals surface area contributed by atoms with Crippen LogP contribution < -0.4 is 10.2 Å². The van der Waals surface area contributed by atoms with Crippen molar-refractivity contribution in [3.63, 3.8) is 0 Å². The molecule has 0 spiro atoms. The van der Waals surface area contributed by atoms with Crippen molar-refractivity contribution in [3.8, 4) is 0 Å². The zero-order valence-corrected chi connectivity index (χ0v) is 18.4. The molecule has 0 bridgehead atoms. The quantitative estimate of drug-likeness (QED) is 0.577. The second-order valence-electron chi connectivity index (χ2n) is 7.27. The summed E-state index contributed by atoms with van der Waals surface area (Å²) in [7, 11) is 0. The number of nitrogens with zero attached hydrogens (tertiary/aromatic N) is 3. The van der Waals surface area contributed by atoms with E-state index < -0.39 is 0 Å². The van der Waals surface area contributed by atoms with Crippen LogP contribution in [0.3, 0.4) is 0 Å². The van der Waals surface area contributed by atoms with E-state index in [0.29, 0.717) is 23.8 Å². The standard InChI is InChI=1S/C22H22N4O2S2/c1-14-8-9-17(10-15(14)2)26-12-16(11-20(26)28)21-24-25-22(30-21)23-19(27)13-29-18-6-4-3-5-7-18/h3-10,16H,11-13H2,1-2H3,(H,23,25,27)/t16-/m0/s1. The Kier molecular flexibility index (Phi) is 6.15. The number of nitrogens with one attached hydrogen (secondary N) is 1. The summed E-state index contributed by atoms with van der Waals surface area (Å²) in [4.78, 5) is 27.6. The summed E-state index contributed by atoms with van der Waals surface area (Å²) >= 11 is 2.82. The summed E-state index contributed by atoms with van der Waals surface area (Å²) < 4.78 is 0. The number of benzene rings is 2. The first-order valence-corrected chi connectivity index (χ1v) is 11.5. The van der Waals surface area contributed by atoms with Crippen LogP contribution in [-0.4, -0.2) is 34.3 Å². The summed E-state index contributed by atoms with van der Waals surface area (Å²) in [6, 6.07) is 15.9. The number of carbonyl (C=O) groups is 2. The van der Waals surface area contributed by atoms with E-state index >= 15 is 0 Å². The van der Waals surface area contributed by atoms with E-state index in [1.165, 1.54) is 28.7 Å². The third-order valence-electron chi connectivity index (χ3n) is 5.08. The largest absolute Gasteiger partial charge is 0.312 e. The van der Waals surface area contributed by atoms with Gasteiger partial charge in [0.25, 0.3) is 0 Å². The fourth-order valence-electron chi connectivity index (χ4n) is 3.29. The Morgan fingerprint density at radius 3 is 2.73 bits per heavy atom. The van der Waals surface area contributed by atoms with Gasteiger partial charge in [0, 0.05) is 29.5 Å². The SMILES string of the molecule is Cc1ccc(N2C[C@@H](c3nnc(NC(=O)CSc4ccccc4)s3)CC2=O)cc1C. The highest BCUT2D eigenvalue weighted by Gasteiger charge is 2.34. The van der Waals surface area contributed by atoms with Gasteiger partial charge in [0.15, 0.2) is 0 Å². The molecule has 2 amide bonds. The molecule has 1 N–H and O–H groups in total. The van der Waals surface area contributed by atoms with Crippen molar-refractivity contribution in [2.75, 3.05) is 22.5 Å². The molecule has 154 valence electrons. The highest BCUT2D eigenvalue weighted by molar-refractivity contribution is 8.00. The van der Waals surface area contributed by atoms with E-state index in [4.69, 9.17) is 0 Å². The molecule has 1 aliphatic heterocycles. The van der Waals surface area contributed by atoms with Crippen LogP contribution in [0.15, 0.2) is 53.4 Å². The number of aryl methyl sites for hydroxylation is 2. The maximum Gasteiger partial charge on any atom is 0.236 e. The molecule has 0 unspecified atom stereocenters. The molecule has 0 saturated carbocycles. The lowest BCUT2D eigenvalue weighted by Crippen LogP contribution is -2.24. The zero-order valence-electron chi connectivity index (χ0n) is 16.8. The minimum absolute atomic E-state index is 0.0130. The minimum atomic E-state index is -0.120. The first-order chi connectivity index (χ1) is 14.5. The van der Waals surface area contributed by atoms with Crippen molar-refractivity contribution in [1.29, 1.82) is 0 Å². The summed E-state index contributed by atoms with van der Waals surface area (Å²) in [6.07, 6.45) is 0.402. The van der Waals surface area contributed by atoms with Crippen LogP contribution in [0, 0.1) is 13.8 Å². The summed E-state index contributed by atoms with van der Waals surface area (Å²) in [6.45, 7) is 4.68. The van der Waals surface area contributed by atoms with Crippen LogP contribution in [0.1, 0.15) is 28.5 Å². The highest BCUT2D eigenvalue weighted by atomic mass is 32.2. The fourth-order valence-corrected chi connectivity index (χ4v) is 4.86. The Hall–Kier alpha value is -2.71. The van der Waals surface area contributed by atoms with Crippen LogP contribution in [0.2, 0.25) is 0 Å². The maximum absolute atomic E-state index is 12.6. The van der Waals surface area contributed by atoms with Crippen molar-refractivity contribution in [2.24, 2.45) is 0 Å². The van der Waals surface area contributed by atoms with Crippen LogP contribution >= 0.6 is 23.1 Å². The second kappa shape index (κ2) is 8.97. The number of hydrogen-bond donors (Lipinski definition) is 1. The Labute approximate surface area is 183 Å². The Balaban J connectivity index is 1.36. The number of amides is 2. The maximum atomic E-state index is 12.6. The first-order valence-electron chi connectivity index (χ1n) is 9.68. The number of carbonyl (C=O) groups excluding carboxylic acids is 2. The van der Waals surface area contributed by atoms with Gasteiger partial charge in [0.1, 0.15) is 5.01 Å². The normalized spacial score (nSPS) is 16.1. The van der Waals surface area contributed by atoms with Gasteiger partial charge in [-0.15, -0.1) is 22.0 Å². The molecular formula is C22H22N4O2S2. The molecule has 30 heavy (non-hydrogen) atoms. The van der Waals surface area contributed by atoms with Crippen LogP contribution in [0.25, 0.3) is 0 Å². The minimum Gasteiger partial charge on any atom is -0.312 e. The first kappa shape index (κ1) is 20.6. The van der Waals surface area contributed by atoms with Crippen molar-refractivity contribution in [1.82, 2.24) is 10.2 Å². The molecule has 8 heteroatoms. The van der Waals surface area contributed by atoms with Gasteiger partial charge in [-0.2, -0.15) is 0 Å². The average molecular weight is 439 g/mol. The topological polar surface area (TPSA) is 75.2 Å². The molecule has 1 aliphatic rings. The zero-order chi connectivity index (χ0) is 21.1. The molecule has 1 fully saturated rings. The van der Waals surface area contributed by atoms with E-state index in [1.54, 1.807) is 0 Å². The molecule has 1 aromatic heterocycles. The van der Waals surface area contributed by atoms with Crippen molar-refractivity contribution in [3.05, 3.63) is 64.7 Å². The van der Waals surface area contributed by atoms with Gasteiger partial charge in [0.05, 0.1) is 5.75 Å². The molecule has 1 atom stereocenters. The molecule has 2 aromatic carbocycles. The van der Waals surface area contributed by atoms with E-state index in [0.717, 1.165) is 21.2 Å². The smallest absolute Gasteiger partial charge is 0.236 e. The van der Waals surface area contributed by atoms with E-state index in [2.05, 4.69) is 22.4 Å². The molecule has 0 aliphatic carbocycles. The molecule has 6 nitrogen and oxygen atoms in total. The van der Waals surface area contributed by atoms with Crippen LogP contribution in [0.4, 0.5) is 10.8 Å². The Morgan fingerprint density at radius 1 is 1.17 bits per heavy atom. The van der Waals surface area contributed by atoms with Crippen molar-refractivity contribution < 1.29 is 9.59 Å². The van der Waals surface area contributed by atoms with Gasteiger partial charge in [-0.05, 0) is 49.2 Å². The third kappa shape index (κ3) is 4.71. The van der Waals surface area contributed by atoms with E-state index in [-0.39, 0.29) is 17.7 Å². The molecule has 0 radical (unpaired) electrons. The summed E-state index contributed by atoms with van der Waals surface area (Å²) in [5.74, 6) is 0.261. The van der Waals surface area contributed by atoms with Gasteiger partial charge in [-0.1, -0.05) is 35.6 Å². The van der Waals surface area contributed by atoms with Gasteiger partial charge in [-0.3, -0.25) is 14.9 Å². The van der Waals surface area contributed by atoms with Crippen molar-refractivity contribution in [2.45, 2.75) is 31.1 Å². The second-order valence-corrected chi connectivity index (χ2v) is 9.33. The van der Waals surface area contributed by atoms with Crippen LogP contribution in [0.5, 0.6) is 0 Å². The predicted octanol–water partition coefficient (Wildman–Crippen LogP) is 4.41. The monoisotopic (exact) mass is 438 g/mol. The lowest BCUT2D eigenvalue weighted by atomic mass is 10.1. The number of thioether (sulfide) groups is 1. The Morgan fingerprint density at radius 2 is 1.97 bits per heavy atom. The summed E-state index contributed by atoms with van der Waals surface area (Å²) in [5.41, 5.74) is 3.29. The van der Waals surface area contributed by atoms with Crippen LogP contribution in [-0.2, 0) is 9.59 Å². The molecule has 4 rings (SSSR count). The van der Waals surface area contributed by atoms with E-state index in [1.807, 2.05) is 60.4 Å².